The molecule has 0 aromatic carbocycles. The van der Waals surface area contributed by atoms with Gasteiger partial charge in [-0.2, -0.15) is 17.5 Å². The second kappa shape index (κ2) is 5.09. The summed E-state index contributed by atoms with van der Waals surface area (Å²) in [5.41, 5.74) is -0.656. The monoisotopic (exact) mass is 315 g/mol. The molecule has 1 aromatic rings. The summed E-state index contributed by atoms with van der Waals surface area (Å²) >= 11 is 0. The number of carboxylic acid groups (broad SMARTS) is 1. The minimum absolute atomic E-state index is 0.0384. The maximum atomic E-state index is 12.3. The van der Waals surface area contributed by atoms with Crippen LogP contribution in [0.3, 0.4) is 0 Å². The average molecular weight is 315 g/mol. The first-order valence-corrected chi connectivity index (χ1v) is 6.68. The van der Waals surface area contributed by atoms with Gasteiger partial charge in [0.25, 0.3) is 0 Å². The zero-order valence-electron chi connectivity index (χ0n) is 10.8. The van der Waals surface area contributed by atoms with E-state index in [2.05, 4.69) is 0 Å². The van der Waals surface area contributed by atoms with E-state index in [0.717, 1.165) is 7.05 Å². The van der Waals surface area contributed by atoms with Crippen molar-refractivity contribution in [1.82, 2.24) is 4.31 Å². The standard InChI is InChI=1S/C10H12F3NO5S/c1-5-7(9(15)16)8(6(2)19-5)20(17,18)14(3)4-10(11,12)13/h4H2,1-3H3,(H,15,16). The van der Waals surface area contributed by atoms with Gasteiger partial charge in [-0.1, -0.05) is 0 Å². The Morgan fingerprint density at radius 3 is 2.20 bits per heavy atom. The number of sulfonamides is 1. The number of halogens is 3. The largest absolute Gasteiger partial charge is 0.478 e. The summed E-state index contributed by atoms with van der Waals surface area (Å²) in [5, 5.41) is 8.97. The van der Waals surface area contributed by atoms with E-state index in [-0.39, 0.29) is 15.8 Å². The molecule has 0 atom stereocenters. The molecule has 0 saturated carbocycles. The van der Waals surface area contributed by atoms with Gasteiger partial charge >= 0.3 is 12.1 Å². The fourth-order valence-electron chi connectivity index (χ4n) is 1.71. The molecule has 1 rings (SSSR count). The molecule has 1 N–H and O–H groups in total. The molecule has 0 aliphatic heterocycles. The average Bonchev–Trinajstić information content (AvgIpc) is 2.51. The van der Waals surface area contributed by atoms with Gasteiger partial charge < -0.3 is 9.52 Å². The van der Waals surface area contributed by atoms with Gasteiger partial charge in [-0.05, 0) is 13.8 Å². The number of rotatable bonds is 4. The molecule has 0 radical (unpaired) electrons. The number of alkyl halides is 3. The Bertz CT molecular complexity index is 632. The van der Waals surface area contributed by atoms with E-state index in [0.29, 0.717) is 0 Å². The molecular formula is C10H12F3NO5S. The van der Waals surface area contributed by atoms with Crippen molar-refractivity contribution in [2.75, 3.05) is 13.6 Å². The molecule has 0 spiro atoms. The number of carbonyl (C=O) groups is 1. The van der Waals surface area contributed by atoms with Gasteiger partial charge in [0.05, 0.1) is 0 Å². The van der Waals surface area contributed by atoms with Crippen LogP contribution in [-0.2, 0) is 10.0 Å². The lowest BCUT2D eigenvalue weighted by atomic mass is 10.2. The number of aromatic carboxylic acids is 1. The topological polar surface area (TPSA) is 87.8 Å². The van der Waals surface area contributed by atoms with Crippen molar-refractivity contribution in [3.05, 3.63) is 17.1 Å². The molecule has 114 valence electrons. The van der Waals surface area contributed by atoms with Crippen molar-refractivity contribution >= 4 is 16.0 Å². The van der Waals surface area contributed by atoms with Crippen LogP contribution in [0.15, 0.2) is 9.31 Å². The Morgan fingerprint density at radius 2 is 1.80 bits per heavy atom. The van der Waals surface area contributed by atoms with Crippen LogP contribution < -0.4 is 0 Å². The lowest BCUT2D eigenvalue weighted by molar-refractivity contribution is -0.134. The summed E-state index contributed by atoms with van der Waals surface area (Å²) in [6.07, 6.45) is -4.74. The van der Waals surface area contributed by atoms with E-state index in [1.165, 1.54) is 13.8 Å². The fourth-order valence-corrected chi connectivity index (χ4v) is 3.24. The van der Waals surface area contributed by atoms with E-state index in [9.17, 15) is 26.4 Å². The van der Waals surface area contributed by atoms with Crippen LogP contribution in [0.1, 0.15) is 21.9 Å². The van der Waals surface area contributed by atoms with Crippen LogP contribution in [0.5, 0.6) is 0 Å². The van der Waals surface area contributed by atoms with Crippen molar-refractivity contribution < 1.29 is 35.9 Å². The van der Waals surface area contributed by atoms with Gasteiger partial charge in [0, 0.05) is 7.05 Å². The summed E-state index contributed by atoms with van der Waals surface area (Å²) in [6.45, 7) is 0.672. The van der Waals surface area contributed by atoms with Crippen molar-refractivity contribution in [2.45, 2.75) is 24.9 Å². The molecule has 1 aromatic heterocycles. The van der Waals surface area contributed by atoms with Gasteiger partial charge in [0.2, 0.25) is 10.0 Å². The zero-order chi connectivity index (χ0) is 15.9. The molecule has 1 heterocycles. The zero-order valence-corrected chi connectivity index (χ0v) is 11.6. The lowest BCUT2D eigenvalue weighted by Gasteiger charge is -2.18. The molecular weight excluding hydrogens is 303 g/mol. The number of furan rings is 1. The van der Waals surface area contributed by atoms with Gasteiger partial charge in [0.15, 0.2) is 0 Å². The van der Waals surface area contributed by atoms with Crippen molar-refractivity contribution in [2.24, 2.45) is 0 Å². The summed E-state index contributed by atoms with van der Waals surface area (Å²) in [6, 6.07) is 0. The first-order valence-electron chi connectivity index (χ1n) is 5.24. The normalized spacial score (nSPS) is 12.9. The minimum Gasteiger partial charge on any atom is -0.478 e. The highest BCUT2D eigenvalue weighted by Gasteiger charge is 2.39. The number of carboxylic acids is 1. The molecule has 10 heteroatoms. The second-order valence-corrected chi connectivity index (χ2v) is 6.08. The van der Waals surface area contributed by atoms with Crippen molar-refractivity contribution in [1.29, 1.82) is 0 Å². The maximum absolute atomic E-state index is 12.3. The summed E-state index contributed by atoms with van der Waals surface area (Å²) in [5.74, 6) is -2.04. The molecule has 0 amide bonds. The Kier molecular flexibility index (Phi) is 4.20. The first kappa shape index (κ1) is 16.5. The van der Waals surface area contributed by atoms with Crippen molar-refractivity contribution in [3.63, 3.8) is 0 Å². The Balaban J connectivity index is 3.40. The van der Waals surface area contributed by atoms with E-state index in [4.69, 9.17) is 9.52 Å². The number of hydrogen-bond acceptors (Lipinski definition) is 4. The van der Waals surface area contributed by atoms with Gasteiger partial charge in [-0.3, -0.25) is 0 Å². The molecule has 20 heavy (non-hydrogen) atoms. The van der Waals surface area contributed by atoms with Crippen LogP contribution in [0.2, 0.25) is 0 Å². The molecule has 6 nitrogen and oxygen atoms in total. The van der Waals surface area contributed by atoms with Crippen LogP contribution in [-0.4, -0.2) is 43.6 Å². The second-order valence-electron chi connectivity index (χ2n) is 4.10. The third-order valence-electron chi connectivity index (χ3n) is 2.49. The Morgan fingerprint density at radius 1 is 1.30 bits per heavy atom. The van der Waals surface area contributed by atoms with E-state index < -0.39 is 39.2 Å². The quantitative estimate of drug-likeness (QED) is 0.915. The highest BCUT2D eigenvalue weighted by Crippen LogP contribution is 2.30. The SMILES string of the molecule is Cc1oc(C)c(S(=O)(=O)N(C)CC(F)(F)F)c1C(=O)O. The molecule has 0 aliphatic carbocycles. The summed E-state index contributed by atoms with van der Waals surface area (Å²) in [7, 11) is -3.90. The minimum atomic E-state index is -4.74. The lowest BCUT2D eigenvalue weighted by Crippen LogP contribution is -2.36. The van der Waals surface area contributed by atoms with Gasteiger partial charge in [0.1, 0.15) is 28.5 Å². The third kappa shape index (κ3) is 3.12. The maximum Gasteiger partial charge on any atom is 0.402 e. The smallest absolute Gasteiger partial charge is 0.402 e. The third-order valence-corrected chi connectivity index (χ3v) is 4.45. The highest BCUT2D eigenvalue weighted by atomic mass is 32.2. The molecule has 0 bridgehead atoms. The Hall–Kier alpha value is -1.55. The van der Waals surface area contributed by atoms with E-state index in [1.807, 2.05) is 0 Å². The predicted octanol–water partition coefficient (Wildman–Crippen LogP) is 1.78. The summed E-state index contributed by atoms with van der Waals surface area (Å²) in [4.78, 5) is 10.3. The number of nitrogens with zero attached hydrogens (tertiary/aromatic N) is 1. The fraction of sp³-hybridized carbons (Fsp3) is 0.500. The van der Waals surface area contributed by atoms with E-state index in [1.54, 1.807) is 0 Å². The van der Waals surface area contributed by atoms with Gasteiger partial charge in [-0.25, -0.2) is 13.2 Å². The molecule has 0 aliphatic rings. The molecule has 0 saturated heterocycles. The van der Waals surface area contributed by atoms with Crippen molar-refractivity contribution in [3.8, 4) is 0 Å². The molecule has 0 fully saturated rings. The predicted molar refractivity (Wildman–Crippen MR) is 61.0 cm³/mol. The summed E-state index contributed by atoms with van der Waals surface area (Å²) < 4.78 is 65.9. The van der Waals surface area contributed by atoms with Crippen LogP contribution >= 0.6 is 0 Å². The van der Waals surface area contributed by atoms with Crippen LogP contribution in [0.4, 0.5) is 13.2 Å². The Labute approximate surface area is 112 Å². The number of hydrogen-bond donors (Lipinski definition) is 1. The number of aryl methyl sites for hydroxylation is 2. The van der Waals surface area contributed by atoms with Crippen LogP contribution in [0, 0.1) is 13.8 Å². The first-order chi connectivity index (χ1) is 8.88. The van der Waals surface area contributed by atoms with Crippen LogP contribution in [0.25, 0.3) is 0 Å². The van der Waals surface area contributed by atoms with E-state index >= 15 is 0 Å². The molecule has 0 unspecified atom stereocenters. The van der Waals surface area contributed by atoms with Gasteiger partial charge in [-0.15, -0.1) is 0 Å². The highest BCUT2D eigenvalue weighted by molar-refractivity contribution is 7.89.